The van der Waals surface area contributed by atoms with E-state index >= 15 is 0 Å². The van der Waals surface area contributed by atoms with Crippen LogP contribution >= 0.6 is 0 Å². The lowest BCUT2D eigenvalue weighted by atomic mass is 9.99. The summed E-state index contributed by atoms with van der Waals surface area (Å²) >= 11 is 0. The smallest absolute Gasteiger partial charge is 0.120 e. The lowest BCUT2D eigenvalue weighted by Crippen LogP contribution is -1.95. The number of unbranched alkanes of at least 4 members (excludes halogenated alkanes) is 8. The van der Waals surface area contributed by atoms with Gasteiger partial charge in [0.25, 0.3) is 0 Å². The van der Waals surface area contributed by atoms with Gasteiger partial charge in [-0.1, -0.05) is 78.1 Å². The fourth-order valence-electron chi connectivity index (χ4n) is 2.09. The summed E-state index contributed by atoms with van der Waals surface area (Å²) in [6, 6.07) is 0. The Balaban J connectivity index is 3.00. The number of hydrogen-bond donors (Lipinski definition) is 0. The first kappa shape index (κ1) is 15.7. The van der Waals surface area contributed by atoms with Crippen molar-refractivity contribution in [2.75, 3.05) is 0 Å². The summed E-state index contributed by atoms with van der Waals surface area (Å²) in [5, 5.41) is 0. The molecular formula is C15H30O. The van der Waals surface area contributed by atoms with Crippen LogP contribution in [0.4, 0.5) is 0 Å². The molecule has 1 atom stereocenters. The van der Waals surface area contributed by atoms with Gasteiger partial charge in [-0.15, -0.1) is 0 Å². The zero-order valence-corrected chi connectivity index (χ0v) is 11.3. The maximum atomic E-state index is 10.3. The van der Waals surface area contributed by atoms with Crippen LogP contribution in [0.15, 0.2) is 0 Å². The van der Waals surface area contributed by atoms with Gasteiger partial charge >= 0.3 is 0 Å². The number of hydrogen-bond acceptors (Lipinski definition) is 1. The van der Waals surface area contributed by atoms with E-state index in [9.17, 15) is 4.79 Å². The first-order chi connectivity index (χ1) is 7.81. The SMILES string of the molecule is CCCCCCCCCCCC(C)CC=O. The van der Waals surface area contributed by atoms with E-state index in [2.05, 4.69) is 13.8 Å². The van der Waals surface area contributed by atoms with E-state index in [1.54, 1.807) is 0 Å². The van der Waals surface area contributed by atoms with Crippen molar-refractivity contribution >= 4 is 6.29 Å². The largest absolute Gasteiger partial charge is 0.303 e. The van der Waals surface area contributed by atoms with Gasteiger partial charge in [-0.05, 0) is 5.92 Å². The summed E-state index contributed by atoms with van der Waals surface area (Å²) in [4.78, 5) is 10.3. The molecule has 96 valence electrons. The van der Waals surface area contributed by atoms with E-state index in [0.717, 1.165) is 12.7 Å². The highest BCUT2D eigenvalue weighted by Crippen LogP contribution is 2.14. The lowest BCUT2D eigenvalue weighted by molar-refractivity contribution is -0.108. The van der Waals surface area contributed by atoms with Crippen molar-refractivity contribution in [3.63, 3.8) is 0 Å². The molecule has 16 heavy (non-hydrogen) atoms. The van der Waals surface area contributed by atoms with Crippen LogP contribution in [0, 0.1) is 5.92 Å². The van der Waals surface area contributed by atoms with Gasteiger partial charge in [0.1, 0.15) is 6.29 Å². The van der Waals surface area contributed by atoms with E-state index in [0.29, 0.717) is 5.92 Å². The van der Waals surface area contributed by atoms with E-state index < -0.39 is 0 Å². The van der Waals surface area contributed by atoms with Gasteiger partial charge in [0, 0.05) is 6.42 Å². The van der Waals surface area contributed by atoms with Crippen LogP contribution in [0.25, 0.3) is 0 Å². The summed E-state index contributed by atoms with van der Waals surface area (Å²) < 4.78 is 0. The van der Waals surface area contributed by atoms with Crippen LogP contribution in [0.1, 0.15) is 84.5 Å². The van der Waals surface area contributed by atoms with Crippen LogP contribution in [0.5, 0.6) is 0 Å². The molecule has 0 rings (SSSR count). The van der Waals surface area contributed by atoms with Crippen molar-refractivity contribution in [2.45, 2.75) is 84.5 Å². The minimum atomic E-state index is 0.599. The van der Waals surface area contributed by atoms with Crippen molar-refractivity contribution in [1.29, 1.82) is 0 Å². The molecule has 0 spiro atoms. The lowest BCUT2D eigenvalue weighted by Gasteiger charge is -2.06. The number of aldehydes is 1. The summed E-state index contributed by atoms with van der Waals surface area (Å²) in [6.45, 7) is 4.44. The molecule has 0 aromatic rings. The Hall–Kier alpha value is -0.330. The predicted molar refractivity (Wildman–Crippen MR) is 71.7 cm³/mol. The molecule has 0 radical (unpaired) electrons. The van der Waals surface area contributed by atoms with Gasteiger partial charge in [0.15, 0.2) is 0 Å². The van der Waals surface area contributed by atoms with Crippen LogP contribution in [-0.4, -0.2) is 6.29 Å². The Morgan fingerprint density at radius 3 is 1.88 bits per heavy atom. The first-order valence-electron chi connectivity index (χ1n) is 7.24. The maximum Gasteiger partial charge on any atom is 0.120 e. The van der Waals surface area contributed by atoms with Crippen molar-refractivity contribution in [3.8, 4) is 0 Å². The third kappa shape index (κ3) is 11.7. The summed E-state index contributed by atoms with van der Waals surface area (Å²) in [5.41, 5.74) is 0. The Morgan fingerprint density at radius 2 is 1.38 bits per heavy atom. The third-order valence-electron chi connectivity index (χ3n) is 3.30. The van der Waals surface area contributed by atoms with Gasteiger partial charge in [-0.3, -0.25) is 0 Å². The van der Waals surface area contributed by atoms with Crippen molar-refractivity contribution in [3.05, 3.63) is 0 Å². The van der Waals surface area contributed by atoms with Crippen molar-refractivity contribution in [2.24, 2.45) is 5.92 Å². The summed E-state index contributed by atoms with van der Waals surface area (Å²) in [6.07, 6.45) is 15.5. The van der Waals surface area contributed by atoms with Crippen molar-refractivity contribution < 1.29 is 4.79 Å². The molecule has 0 amide bonds. The highest BCUT2D eigenvalue weighted by molar-refractivity contribution is 5.49. The quantitative estimate of drug-likeness (QED) is 0.333. The second-order valence-corrected chi connectivity index (χ2v) is 5.12. The predicted octanol–water partition coefficient (Wildman–Crippen LogP) is 5.13. The van der Waals surface area contributed by atoms with Gasteiger partial charge in [-0.2, -0.15) is 0 Å². The molecule has 0 fully saturated rings. The first-order valence-corrected chi connectivity index (χ1v) is 7.24. The number of carbonyl (C=O) groups is 1. The average Bonchev–Trinajstić information content (AvgIpc) is 2.27. The van der Waals surface area contributed by atoms with E-state index in [-0.39, 0.29) is 0 Å². The molecule has 0 saturated heterocycles. The van der Waals surface area contributed by atoms with Gasteiger partial charge in [0.05, 0.1) is 0 Å². The molecule has 1 unspecified atom stereocenters. The standard InChI is InChI=1S/C15H30O/c1-3-4-5-6-7-8-9-10-11-12-15(2)13-14-16/h14-15H,3-13H2,1-2H3. The van der Waals surface area contributed by atoms with E-state index in [4.69, 9.17) is 0 Å². The molecule has 0 aliphatic rings. The molecule has 1 nitrogen and oxygen atoms in total. The molecule has 0 aromatic carbocycles. The summed E-state index contributed by atoms with van der Waals surface area (Å²) in [7, 11) is 0. The van der Waals surface area contributed by atoms with Crippen molar-refractivity contribution in [1.82, 2.24) is 0 Å². The number of rotatable bonds is 12. The topological polar surface area (TPSA) is 17.1 Å². The average molecular weight is 226 g/mol. The van der Waals surface area contributed by atoms with Crippen LogP contribution in [0.2, 0.25) is 0 Å². The number of carbonyl (C=O) groups excluding carboxylic acids is 1. The fraction of sp³-hybridized carbons (Fsp3) is 0.933. The molecule has 0 saturated carbocycles. The van der Waals surface area contributed by atoms with E-state index in [1.807, 2.05) is 0 Å². The highest BCUT2D eigenvalue weighted by Gasteiger charge is 2.00. The third-order valence-corrected chi connectivity index (χ3v) is 3.30. The van der Waals surface area contributed by atoms with Crippen LogP contribution < -0.4 is 0 Å². The summed E-state index contributed by atoms with van der Waals surface area (Å²) in [5.74, 6) is 0.599. The molecule has 0 N–H and O–H groups in total. The highest BCUT2D eigenvalue weighted by atomic mass is 16.1. The molecular weight excluding hydrogens is 196 g/mol. The Kier molecular flexibility index (Phi) is 12.5. The maximum absolute atomic E-state index is 10.3. The minimum Gasteiger partial charge on any atom is -0.303 e. The molecule has 0 bridgehead atoms. The normalized spacial score (nSPS) is 12.6. The van der Waals surface area contributed by atoms with Gasteiger partial charge in [-0.25, -0.2) is 0 Å². The molecule has 0 heterocycles. The Bertz CT molecular complexity index is 142. The van der Waals surface area contributed by atoms with Crippen LogP contribution in [-0.2, 0) is 4.79 Å². The second kappa shape index (κ2) is 12.7. The monoisotopic (exact) mass is 226 g/mol. The van der Waals surface area contributed by atoms with Gasteiger partial charge < -0.3 is 4.79 Å². The molecule has 0 aliphatic heterocycles. The zero-order valence-electron chi connectivity index (χ0n) is 11.3. The zero-order chi connectivity index (χ0) is 12.1. The second-order valence-electron chi connectivity index (χ2n) is 5.12. The van der Waals surface area contributed by atoms with Gasteiger partial charge in [0.2, 0.25) is 0 Å². The molecule has 0 aromatic heterocycles. The Morgan fingerprint density at radius 1 is 0.875 bits per heavy atom. The molecule has 0 aliphatic carbocycles. The molecule has 1 heteroatoms. The minimum absolute atomic E-state index is 0.599. The van der Waals surface area contributed by atoms with Crippen LogP contribution in [0.3, 0.4) is 0 Å². The fourth-order valence-corrected chi connectivity index (χ4v) is 2.09. The van der Waals surface area contributed by atoms with E-state index in [1.165, 1.54) is 64.2 Å². The Labute approximate surface area is 102 Å².